The third-order valence-corrected chi connectivity index (χ3v) is 4.13. The van der Waals surface area contributed by atoms with E-state index in [1.807, 2.05) is 36.4 Å². The van der Waals surface area contributed by atoms with Crippen molar-refractivity contribution in [3.63, 3.8) is 0 Å². The van der Waals surface area contributed by atoms with Crippen molar-refractivity contribution in [1.82, 2.24) is 9.97 Å². The number of rotatable bonds is 2. The molecule has 0 aromatic carbocycles. The van der Waals surface area contributed by atoms with Gasteiger partial charge in [0.1, 0.15) is 0 Å². The highest BCUT2D eigenvalue weighted by Crippen LogP contribution is 2.51. The summed E-state index contributed by atoms with van der Waals surface area (Å²) in [5, 5.41) is 8.87. The molecule has 3 atom stereocenters. The fourth-order valence-corrected chi connectivity index (χ4v) is 3.01. The average molecular weight is 262 g/mol. The van der Waals surface area contributed by atoms with E-state index in [0.29, 0.717) is 17.8 Å². The van der Waals surface area contributed by atoms with Gasteiger partial charge in [0.05, 0.1) is 22.8 Å². The van der Waals surface area contributed by atoms with Gasteiger partial charge in [-0.25, -0.2) is 0 Å². The van der Waals surface area contributed by atoms with Gasteiger partial charge < -0.3 is 0 Å². The molecule has 1 saturated carbocycles. The van der Waals surface area contributed by atoms with Crippen molar-refractivity contribution in [1.29, 1.82) is 0 Å². The van der Waals surface area contributed by atoms with Gasteiger partial charge in [-0.1, -0.05) is 19.1 Å². The molecule has 4 rings (SSSR count). The van der Waals surface area contributed by atoms with Crippen molar-refractivity contribution in [3.05, 3.63) is 60.2 Å². The monoisotopic (exact) mass is 262 g/mol. The summed E-state index contributed by atoms with van der Waals surface area (Å²) in [6, 6.07) is 11.8. The Kier molecular flexibility index (Phi) is 2.49. The molecule has 98 valence electrons. The smallest absolute Gasteiger partial charge is 0.0927 e. The first-order valence-corrected chi connectivity index (χ1v) is 6.84. The van der Waals surface area contributed by atoms with Crippen LogP contribution in [-0.2, 0) is 0 Å². The highest BCUT2D eigenvalue weighted by Gasteiger charge is 2.55. The molecule has 2 aromatic heterocycles. The summed E-state index contributed by atoms with van der Waals surface area (Å²) in [7, 11) is 0. The first kappa shape index (κ1) is 11.5. The molecule has 0 N–H and O–H groups in total. The average Bonchev–Trinajstić information content (AvgIpc) is 3.20. The van der Waals surface area contributed by atoms with Gasteiger partial charge in [-0.2, -0.15) is 10.2 Å². The Balaban J connectivity index is 1.76. The van der Waals surface area contributed by atoms with Crippen LogP contribution in [0.2, 0.25) is 0 Å². The largest absolute Gasteiger partial charge is 0.255 e. The first-order chi connectivity index (χ1) is 9.86. The lowest BCUT2D eigenvalue weighted by atomic mass is 10.0. The van der Waals surface area contributed by atoms with E-state index in [2.05, 4.69) is 27.1 Å². The number of fused-ring (bicyclic) bond motifs is 1. The lowest BCUT2D eigenvalue weighted by molar-refractivity contribution is 0.907. The Bertz CT molecular complexity index is 629. The van der Waals surface area contributed by atoms with Crippen LogP contribution in [0.3, 0.4) is 0 Å². The second-order valence-electron chi connectivity index (χ2n) is 5.31. The van der Waals surface area contributed by atoms with Gasteiger partial charge in [0.15, 0.2) is 0 Å². The topological polar surface area (TPSA) is 50.5 Å². The van der Waals surface area contributed by atoms with Gasteiger partial charge in [0, 0.05) is 24.2 Å². The summed E-state index contributed by atoms with van der Waals surface area (Å²) in [4.78, 5) is 8.79. The van der Waals surface area contributed by atoms with Crippen LogP contribution >= 0.6 is 0 Å². The Morgan fingerprint density at radius 3 is 1.65 bits per heavy atom. The molecule has 4 nitrogen and oxygen atoms in total. The second kappa shape index (κ2) is 4.34. The van der Waals surface area contributed by atoms with Gasteiger partial charge in [-0.05, 0) is 30.2 Å². The van der Waals surface area contributed by atoms with Crippen LogP contribution in [0, 0.1) is 17.8 Å². The minimum absolute atomic E-state index is 0.430. The van der Waals surface area contributed by atoms with Crippen LogP contribution in [0.1, 0.15) is 18.3 Å². The zero-order valence-electron chi connectivity index (χ0n) is 11.1. The normalized spacial score (nSPS) is 27.4. The van der Waals surface area contributed by atoms with E-state index in [0.717, 1.165) is 22.8 Å². The zero-order chi connectivity index (χ0) is 13.5. The number of pyridine rings is 2. The van der Waals surface area contributed by atoms with E-state index in [4.69, 9.17) is 0 Å². The molecule has 1 unspecified atom stereocenters. The quantitative estimate of drug-likeness (QED) is 0.835. The Morgan fingerprint density at radius 2 is 1.25 bits per heavy atom. The molecule has 20 heavy (non-hydrogen) atoms. The molecule has 4 heteroatoms. The molecule has 1 aliphatic carbocycles. The molecule has 0 saturated heterocycles. The molecule has 0 bridgehead atoms. The summed E-state index contributed by atoms with van der Waals surface area (Å²) in [5.41, 5.74) is 3.91. The second-order valence-corrected chi connectivity index (χ2v) is 5.31. The molecular formula is C16H14N4. The molecule has 1 aliphatic heterocycles. The van der Waals surface area contributed by atoms with Crippen molar-refractivity contribution < 1.29 is 0 Å². The number of nitrogens with zero attached hydrogens (tertiary/aromatic N) is 4. The van der Waals surface area contributed by atoms with Crippen molar-refractivity contribution in [2.24, 2.45) is 28.0 Å². The van der Waals surface area contributed by atoms with E-state index in [1.54, 1.807) is 12.4 Å². The first-order valence-electron chi connectivity index (χ1n) is 6.84. The summed E-state index contributed by atoms with van der Waals surface area (Å²) >= 11 is 0. The van der Waals surface area contributed by atoms with Crippen LogP contribution in [0.5, 0.6) is 0 Å². The maximum Gasteiger partial charge on any atom is 0.0927 e. The van der Waals surface area contributed by atoms with Crippen molar-refractivity contribution >= 4 is 11.4 Å². The standard InChI is InChI=1S/C16H14N4/c1-10-13-14(10)16(12-7-3-5-9-18-12)20-19-15(13)11-6-2-4-8-17-11/h2-10,13-14H,1H3/t10?,13-,14+. The van der Waals surface area contributed by atoms with Crippen LogP contribution in [0.4, 0.5) is 0 Å². The van der Waals surface area contributed by atoms with Gasteiger partial charge in [0.25, 0.3) is 0 Å². The Hall–Kier alpha value is -2.36. The minimum atomic E-state index is 0.430. The summed E-state index contributed by atoms with van der Waals surface area (Å²) in [6.45, 7) is 2.25. The van der Waals surface area contributed by atoms with Crippen LogP contribution in [0.25, 0.3) is 0 Å². The molecule has 1 fully saturated rings. The highest BCUT2D eigenvalue weighted by atomic mass is 15.2. The molecule has 3 heterocycles. The van der Waals surface area contributed by atoms with Crippen LogP contribution in [0.15, 0.2) is 59.0 Å². The van der Waals surface area contributed by atoms with E-state index >= 15 is 0 Å². The molecule has 0 amide bonds. The maximum atomic E-state index is 4.43. The fourth-order valence-electron chi connectivity index (χ4n) is 3.01. The third-order valence-electron chi connectivity index (χ3n) is 4.13. The van der Waals surface area contributed by atoms with Crippen molar-refractivity contribution in [2.75, 3.05) is 0 Å². The van der Waals surface area contributed by atoms with E-state index in [-0.39, 0.29) is 0 Å². The molecule has 0 radical (unpaired) electrons. The Labute approximate surface area is 117 Å². The van der Waals surface area contributed by atoms with Gasteiger partial charge in [-0.15, -0.1) is 0 Å². The fraction of sp³-hybridized carbons (Fsp3) is 0.250. The number of hydrogen-bond donors (Lipinski definition) is 0. The Morgan fingerprint density at radius 1 is 0.750 bits per heavy atom. The third kappa shape index (κ3) is 1.68. The molecular weight excluding hydrogens is 248 g/mol. The lowest BCUT2D eigenvalue weighted by Gasteiger charge is -2.10. The van der Waals surface area contributed by atoms with Crippen molar-refractivity contribution in [3.8, 4) is 0 Å². The summed E-state index contributed by atoms with van der Waals surface area (Å²) in [5.74, 6) is 1.41. The zero-order valence-corrected chi connectivity index (χ0v) is 11.1. The predicted octanol–water partition coefficient (Wildman–Crippen LogP) is 2.57. The summed E-state index contributed by atoms with van der Waals surface area (Å²) < 4.78 is 0. The molecule has 2 aromatic rings. The minimum Gasteiger partial charge on any atom is -0.255 e. The highest BCUT2D eigenvalue weighted by molar-refractivity contribution is 6.13. The predicted molar refractivity (Wildman–Crippen MR) is 77.7 cm³/mol. The molecule has 0 spiro atoms. The maximum absolute atomic E-state index is 4.43. The van der Waals surface area contributed by atoms with Crippen LogP contribution in [-0.4, -0.2) is 21.4 Å². The van der Waals surface area contributed by atoms with Crippen LogP contribution < -0.4 is 0 Å². The van der Waals surface area contributed by atoms with E-state index in [9.17, 15) is 0 Å². The van der Waals surface area contributed by atoms with Gasteiger partial charge in [-0.3, -0.25) is 9.97 Å². The van der Waals surface area contributed by atoms with Gasteiger partial charge >= 0.3 is 0 Å². The summed E-state index contributed by atoms with van der Waals surface area (Å²) in [6.07, 6.45) is 3.61. The van der Waals surface area contributed by atoms with Gasteiger partial charge in [0.2, 0.25) is 0 Å². The number of hydrogen-bond acceptors (Lipinski definition) is 4. The molecule has 2 aliphatic rings. The number of aromatic nitrogens is 2. The van der Waals surface area contributed by atoms with E-state index < -0.39 is 0 Å². The van der Waals surface area contributed by atoms with Crippen molar-refractivity contribution in [2.45, 2.75) is 6.92 Å². The SMILES string of the molecule is CC1[C@H]2C(c3ccccn3)=NN=C(c3ccccn3)[C@@H]12. The lowest BCUT2D eigenvalue weighted by Crippen LogP contribution is -2.17. The van der Waals surface area contributed by atoms with E-state index in [1.165, 1.54) is 0 Å².